The first kappa shape index (κ1) is 9.99. The molecule has 0 aliphatic rings. The molecule has 0 radical (unpaired) electrons. The molecule has 40 valence electrons. The Morgan fingerprint density at radius 1 is 1.40 bits per heavy atom. The van der Waals surface area contributed by atoms with Crippen molar-refractivity contribution in [2.45, 2.75) is 0 Å². The minimum atomic E-state index is -3.40. The molecular weight excluding hydrogens is 301 g/mol. The molecule has 0 aromatic heterocycles. The van der Waals surface area contributed by atoms with Gasteiger partial charge in [-0.1, -0.05) is 0 Å². The van der Waals surface area contributed by atoms with Gasteiger partial charge in [-0.05, 0) is 4.20 Å². The van der Waals surface area contributed by atoms with Crippen LogP contribution in [0.15, 0.2) is 0 Å². The van der Waals surface area contributed by atoms with Gasteiger partial charge in [0, 0.05) is 46.9 Å². The normalized spacial score (nSPS) is 7.20. The summed E-state index contributed by atoms with van der Waals surface area (Å²) in [6.07, 6.45) is 0. The molecule has 0 saturated carbocycles. The fraction of sp³-hybridized carbons (Fsp3) is 0. The maximum absolute atomic E-state index is 8.63. The summed E-state index contributed by atoms with van der Waals surface area (Å²) >= 11 is -3.40. The predicted octanol–water partition coefficient (Wildman–Crippen LogP) is -2.94. The van der Waals surface area contributed by atoms with Gasteiger partial charge in [-0.3, -0.25) is 0 Å². The molecule has 0 heterocycles. The standard InChI is InChI=1S/BrHO3.Yb/c2-1(3)4;/h2H;. The van der Waals surface area contributed by atoms with E-state index >= 15 is 0 Å². The minimum absolute atomic E-state index is 0. The van der Waals surface area contributed by atoms with Crippen molar-refractivity contribution < 1.29 is 74.3 Å². The van der Waals surface area contributed by atoms with Gasteiger partial charge in [0.15, 0.2) is 0 Å². The molecule has 0 aromatic rings. The molecule has 1 N–H and O–H groups in total. The van der Waals surface area contributed by atoms with Gasteiger partial charge < -0.3 is 8.40 Å². The summed E-state index contributed by atoms with van der Waals surface area (Å²) in [5.41, 5.74) is 0. The molecular formula is HBrO3Yb. The Balaban J connectivity index is 0. The Morgan fingerprint density at radius 3 is 1.40 bits per heavy atom. The van der Waals surface area contributed by atoms with E-state index in [9.17, 15) is 0 Å². The van der Waals surface area contributed by atoms with Gasteiger partial charge in [0.05, 0.1) is 0 Å². The summed E-state index contributed by atoms with van der Waals surface area (Å²) in [6.45, 7) is 0. The second-order valence-corrected chi connectivity index (χ2v) is 1.04. The van der Waals surface area contributed by atoms with Crippen LogP contribution in [0.25, 0.3) is 0 Å². The molecule has 0 unspecified atom stereocenters. The Kier molecular flexibility index (Phi) is 11.7. The third-order valence-electron chi connectivity index (χ3n) is 0. The van der Waals surface area contributed by atoms with Crippen molar-refractivity contribution in [3.8, 4) is 0 Å². The maximum Gasteiger partial charge on any atom is 0.433 e. The van der Waals surface area contributed by atoms with E-state index in [1.807, 2.05) is 0 Å². The van der Waals surface area contributed by atoms with Crippen molar-refractivity contribution in [3.63, 3.8) is 0 Å². The van der Waals surface area contributed by atoms with Gasteiger partial charge in [0.1, 0.15) is 0 Å². The molecule has 0 saturated heterocycles. The van der Waals surface area contributed by atoms with E-state index < -0.39 is 14.8 Å². The number of halogens is 1. The van der Waals surface area contributed by atoms with E-state index in [-0.39, 0.29) is 46.9 Å². The summed E-state index contributed by atoms with van der Waals surface area (Å²) in [6, 6.07) is 0. The van der Waals surface area contributed by atoms with Crippen LogP contribution in [-0.4, -0.2) is 4.20 Å². The molecule has 0 atom stereocenters. The smallest absolute Gasteiger partial charge is 0.372 e. The first-order valence-electron chi connectivity index (χ1n) is 0.478. The average molecular weight is 302 g/mol. The van der Waals surface area contributed by atoms with Crippen molar-refractivity contribution in [1.82, 2.24) is 0 Å². The molecule has 5 heteroatoms. The van der Waals surface area contributed by atoms with Crippen LogP contribution in [-0.2, 0) is 0 Å². The zero-order valence-corrected chi connectivity index (χ0v) is 5.21. The Labute approximate surface area is 73.1 Å². The van der Waals surface area contributed by atoms with Crippen LogP contribution in [0.1, 0.15) is 0 Å². The summed E-state index contributed by atoms with van der Waals surface area (Å²) < 4.78 is 24.3. The van der Waals surface area contributed by atoms with Crippen LogP contribution in [0.3, 0.4) is 0 Å². The zero-order chi connectivity index (χ0) is 3.58. The van der Waals surface area contributed by atoms with Crippen LogP contribution in [0.5, 0.6) is 0 Å². The van der Waals surface area contributed by atoms with Crippen LogP contribution < -0.4 is 8.40 Å². The molecule has 0 fully saturated rings. The molecule has 0 spiro atoms. The molecule has 0 bridgehead atoms. The van der Waals surface area contributed by atoms with Gasteiger partial charge in [-0.15, -0.1) is 0 Å². The number of rotatable bonds is 0. The Hall–Kier alpha value is 1.88. The molecule has 0 aliphatic heterocycles. The summed E-state index contributed by atoms with van der Waals surface area (Å²) in [7, 11) is 0. The van der Waals surface area contributed by atoms with Gasteiger partial charge in [-0.25, -0.2) is 0 Å². The maximum atomic E-state index is 8.63. The first-order valence-corrected chi connectivity index (χ1v) is 2.48. The first-order chi connectivity index (χ1) is 1.73. The summed E-state index contributed by atoms with van der Waals surface area (Å²) in [4.78, 5) is 0. The quantitative estimate of drug-likeness (QED) is 0.521. The molecule has 0 aliphatic carbocycles. The Bertz CT molecular complexity index is 11.6. The fourth-order valence-electron chi connectivity index (χ4n) is 0. The SMILES string of the molecule is [O-][Br+2]([O-])O.[Yb]. The number of hydrogen-bond donors (Lipinski definition) is 1. The average Bonchev–Trinajstić information content (AvgIpc) is 0.811. The predicted molar refractivity (Wildman–Crippen MR) is 2.22 cm³/mol. The molecule has 3 nitrogen and oxygen atoms in total. The van der Waals surface area contributed by atoms with Crippen LogP contribution in [0, 0.1) is 61.7 Å². The van der Waals surface area contributed by atoms with Gasteiger partial charge in [0.2, 0.25) is 0 Å². The van der Waals surface area contributed by atoms with Crippen molar-refractivity contribution in [3.05, 3.63) is 0 Å². The zero-order valence-electron chi connectivity index (χ0n) is 1.91. The number of hydrogen-bond acceptors (Lipinski definition) is 3. The van der Waals surface area contributed by atoms with Crippen molar-refractivity contribution >= 4 is 0 Å². The van der Waals surface area contributed by atoms with E-state index in [1.165, 1.54) is 0 Å². The summed E-state index contributed by atoms with van der Waals surface area (Å²) in [5, 5.41) is 0. The molecule has 5 heavy (non-hydrogen) atoms. The van der Waals surface area contributed by atoms with E-state index in [2.05, 4.69) is 0 Å². The van der Waals surface area contributed by atoms with Gasteiger partial charge >= 0.3 is 14.8 Å². The third-order valence-corrected chi connectivity index (χ3v) is 0. The monoisotopic (exact) mass is 302 g/mol. The van der Waals surface area contributed by atoms with Crippen LogP contribution in [0.4, 0.5) is 0 Å². The van der Waals surface area contributed by atoms with E-state index in [1.54, 1.807) is 0 Å². The summed E-state index contributed by atoms with van der Waals surface area (Å²) in [5.74, 6) is 0. The topological polar surface area (TPSA) is 66.3 Å². The van der Waals surface area contributed by atoms with E-state index in [4.69, 9.17) is 12.6 Å². The second kappa shape index (κ2) is 5.88. The molecule has 0 rings (SSSR count). The van der Waals surface area contributed by atoms with Crippen LogP contribution in [0.2, 0.25) is 0 Å². The molecule has 0 amide bonds. The Morgan fingerprint density at radius 2 is 1.40 bits per heavy atom. The fourth-order valence-corrected chi connectivity index (χ4v) is 0. The van der Waals surface area contributed by atoms with Gasteiger partial charge in [-0.2, -0.15) is 0 Å². The largest absolute Gasteiger partial charge is 0.433 e. The molecule has 0 aromatic carbocycles. The minimum Gasteiger partial charge on any atom is -0.372 e. The third kappa shape index (κ3) is 25.1. The van der Waals surface area contributed by atoms with Crippen molar-refractivity contribution in [2.24, 2.45) is 0 Å². The van der Waals surface area contributed by atoms with Crippen molar-refractivity contribution in [1.29, 1.82) is 0 Å². The van der Waals surface area contributed by atoms with Crippen LogP contribution >= 0.6 is 0 Å². The second-order valence-electron chi connectivity index (χ2n) is 0.201. The van der Waals surface area contributed by atoms with E-state index in [0.717, 1.165) is 0 Å². The van der Waals surface area contributed by atoms with E-state index in [0.29, 0.717) is 0 Å². The van der Waals surface area contributed by atoms with Crippen molar-refractivity contribution in [2.75, 3.05) is 0 Å². The van der Waals surface area contributed by atoms with Gasteiger partial charge in [0.25, 0.3) is 0 Å².